The second-order valence-corrected chi connectivity index (χ2v) is 2.58. The van der Waals surface area contributed by atoms with E-state index >= 15 is 0 Å². The van der Waals surface area contributed by atoms with E-state index in [9.17, 15) is 4.39 Å². The molecule has 0 saturated heterocycles. The summed E-state index contributed by atoms with van der Waals surface area (Å²) in [5, 5.41) is 0. The number of ether oxygens (including phenoxy) is 1. The molecule has 0 spiro atoms. The molecular weight excluding hydrogens is 143 g/mol. The predicted octanol–water partition coefficient (Wildman–Crippen LogP) is 2.45. The van der Waals surface area contributed by atoms with Crippen molar-refractivity contribution in [1.29, 1.82) is 0 Å². The quantitative estimate of drug-likeness (QED) is 0.603. The number of methoxy groups -OCH3 is 1. The van der Waals surface area contributed by atoms with Gasteiger partial charge >= 0.3 is 0 Å². The molecule has 60 valence electrons. The highest BCUT2D eigenvalue weighted by molar-refractivity contribution is 5.34. The summed E-state index contributed by atoms with van der Waals surface area (Å²) in [6.07, 6.45) is 0. The van der Waals surface area contributed by atoms with Gasteiger partial charge in [0, 0.05) is 0 Å². The van der Waals surface area contributed by atoms with Crippen LogP contribution in [0.1, 0.15) is 11.1 Å². The van der Waals surface area contributed by atoms with E-state index in [0.717, 1.165) is 0 Å². The van der Waals surface area contributed by atoms with Crippen molar-refractivity contribution >= 4 is 0 Å². The molecule has 2 heteroatoms. The number of hydrogen-bond acceptors (Lipinski definition) is 1. The number of benzene rings is 1. The van der Waals surface area contributed by atoms with Crippen LogP contribution in [0.15, 0.2) is 12.1 Å². The third-order valence-corrected chi connectivity index (χ3v) is 1.65. The Balaban J connectivity index is 3.21. The molecule has 1 aromatic rings. The lowest BCUT2D eigenvalue weighted by Gasteiger charge is -2.04. The lowest BCUT2D eigenvalue weighted by Crippen LogP contribution is -1.90. The third kappa shape index (κ3) is 1.50. The second kappa shape index (κ2) is 2.91. The smallest absolute Gasteiger partial charge is 0.129 e. The third-order valence-electron chi connectivity index (χ3n) is 1.65. The van der Waals surface area contributed by atoms with Crippen molar-refractivity contribution in [3.8, 4) is 5.75 Å². The van der Waals surface area contributed by atoms with Gasteiger partial charge in [0.05, 0.1) is 7.11 Å². The molecular formula is C9H11FO. The molecule has 0 bridgehead atoms. The van der Waals surface area contributed by atoms with Gasteiger partial charge < -0.3 is 4.74 Å². The summed E-state index contributed by atoms with van der Waals surface area (Å²) in [6, 6.07) is 3.37. The Morgan fingerprint density at radius 3 is 2.00 bits per heavy atom. The van der Waals surface area contributed by atoms with Crippen molar-refractivity contribution in [2.24, 2.45) is 0 Å². The fraction of sp³-hybridized carbons (Fsp3) is 0.333. The topological polar surface area (TPSA) is 9.23 Å². The lowest BCUT2D eigenvalue weighted by molar-refractivity contribution is 0.412. The highest BCUT2D eigenvalue weighted by atomic mass is 19.1. The summed E-state index contributed by atoms with van der Waals surface area (Å²) in [5.41, 5.74) is 1.25. The largest absolute Gasteiger partial charge is 0.497 e. The summed E-state index contributed by atoms with van der Waals surface area (Å²) in [7, 11) is 1.58. The Labute approximate surface area is 65.8 Å². The van der Waals surface area contributed by atoms with E-state index < -0.39 is 0 Å². The fourth-order valence-corrected chi connectivity index (χ4v) is 1.02. The van der Waals surface area contributed by atoms with Gasteiger partial charge in [-0.25, -0.2) is 4.39 Å². The summed E-state index contributed by atoms with van der Waals surface area (Å²) < 4.78 is 18.0. The minimum Gasteiger partial charge on any atom is -0.497 e. The molecule has 1 aromatic carbocycles. The molecule has 0 atom stereocenters. The Bertz CT molecular complexity index is 245. The first-order chi connectivity index (χ1) is 5.15. The SMILES string of the molecule is COc1cc(C)c(F)c(C)c1. The molecule has 0 amide bonds. The molecule has 1 nitrogen and oxygen atoms in total. The van der Waals surface area contributed by atoms with E-state index in [2.05, 4.69) is 0 Å². The van der Waals surface area contributed by atoms with Crippen molar-refractivity contribution in [2.75, 3.05) is 7.11 Å². The number of hydrogen-bond donors (Lipinski definition) is 0. The molecule has 0 saturated carbocycles. The van der Waals surface area contributed by atoms with Crippen LogP contribution < -0.4 is 4.74 Å². The summed E-state index contributed by atoms with van der Waals surface area (Å²) in [5.74, 6) is 0.562. The van der Waals surface area contributed by atoms with Gasteiger partial charge in [-0.3, -0.25) is 0 Å². The van der Waals surface area contributed by atoms with Crippen molar-refractivity contribution in [1.82, 2.24) is 0 Å². The highest BCUT2D eigenvalue weighted by Gasteiger charge is 2.02. The zero-order valence-electron chi connectivity index (χ0n) is 6.94. The van der Waals surface area contributed by atoms with Crippen LogP contribution in [0.25, 0.3) is 0 Å². The first kappa shape index (κ1) is 8.05. The van der Waals surface area contributed by atoms with Crippen LogP contribution in [-0.2, 0) is 0 Å². The van der Waals surface area contributed by atoms with Crippen molar-refractivity contribution in [3.05, 3.63) is 29.1 Å². The van der Waals surface area contributed by atoms with Gasteiger partial charge in [-0.05, 0) is 37.1 Å². The van der Waals surface area contributed by atoms with Crippen LogP contribution in [0.5, 0.6) is 5.75 Å². The zero-order chi connectivity index (χ0) is 8.43. The standard InChI is InChI=1S/C9H11FO/c1-6-4-8(11-3)5-7(2)9(6)10/h4-5H,1-3H3. The number of halogens is 1. The molecule has 11 heavy (non-hydrogen) atoms. The van der Waals surface area contributed by atoms with Crippen LogP contribution in [0.3, 0.4) is 0 Å². The van der Waals surface area contributed by atoms with Crippen LogP contribution >= 0.6 is 0 Å². The van der Waals surface area contributed by atoms with Gasteiger partial charge in [-0.1, -0.05) is 0 Å². The predicted molar refractivity (Wildman–Crippen MR) is 42.4 cm³/mol. The average Bonchev–Trinajstić information content (AvgIpc) is 1.99. The molecule has 0 aromatic heterocycles. The first-order valence-electron chi connectivity index (χ1n) is 3.46. The molecule has 1 rings (SSSR count). The normalized spacial score (nSPS) is 9.82. The maximum Gasteiger partial charge on any atom is 0.129 e. The van der Waals surface area contributed by atoms with Crippen LogP contribution in [0.2, 0.25) is 0 Å². The molecule has 0 aliphatic carbocycles. The van der Waals surface area contributed by atoms with Crippen LogP contribution in [0, 0.1) is 19.7 Å². The summed E-state index contributed by atoms with van der Waals surface area (Å²) in [6.45, 7) is 3.45. The van der Waals surface area contributed by atoms with Gasteiger partial charge in [-0.2, -0.15) is 0 Å². The Hall–Kier alpha value is -1.05. The minimum atomic E-state index is -0.147. The molecule has 0 heterocycles. The highest BCUT2D eigenvalue weighted by Crippen LogP contribution is 2.19. The molecule has 0 fully saturated rings. The average molecular weight is 154 g/mol. The summed E-state index contributed by atoms with van der Waals surface area (Å²) in [4.78, 5) is 0. The molecule has 0 aliphatic rings. The number of rotatable bonds is 1. The van der Waals surface area contributed by atoms with Crippen molar-refractivity contribution in [2.45, 2.75) is 13.8 Å². The van der Waals surface area contributed by atoms with Gasteiger partial charge in [0.15, 0.2) is 0 Å². The van der Waals surface area contributed by atoms with Crippen LogP contribution in [0.4, 0.5) is 4.39 Å². The molecule has 0 aliphatic heterocycles. The molecule has 0 unspecified atom stereocenters. The van der Waals surface area contributed by atoms with E-state index in [0.29, 0.717) is 16.9 Å². The first-order valence-corrected chi connectivity index (χ1v) is 3.46. The van der Waals surface area contributed by atoms with Crippen LogP contribution in [-0.4, -0.2) is 7.11 Å². The number of aryl methyl sites for hydroxylation is 2. The zero-order valence-corrected chi connectivity index (χ0v) is 6.94. The van der Waals surface area contributed by atoms with Gasteiger partial charge in [0.2, 0.25) is 0 Å². The van der Waals surface area contributed by atoms with Gasteiger partial charge in [0.1, 0.15) is 11.6 Å². The maximum atomic E-state index is 13.0. The van der Waals surface area contributed by atoms with Crippen molar-refractivity contribution in [3.63, 3.8) is 0 Å². The lowest BCUT2D eigenvalue weighted by atomic mass is 10.1. The molecule has 0 radical (unpaired) electrons. The van der Waals surface area contributed by atoms with E-state index in [1.807, 2.05) is 0 Å². The van der Waals surface area contributed by atoms with E-state index in [4.69, 9.17) is 4.74 Å². The van der Waals surface area contributed by atoms with E-state index in [-0.39, 0.29) is 5.82 Å². The fourth-order valence-electron chi connectivity index (χ4n) is 1.02. The Morgan fingerprint density at radius 2 is 1.64 bits per heavy atom. The van der Waals surface area contributed by atoms with Gasteiger partial charge in [0.25, 0.3) is 0 Å². The minimum absolute atomic E-state index is 0.147. The molecule has 0 N–H and O–H groups in total. The van der Waals surface area contributed by atoms with E-state index in [1.54, 1.807) is 33.1 Å². The summed E-state index contributed by atoms with van der Waals surface area (Å²) >= 11 is 0. The Morgan fingerprint density at radius 1 is 1.18 bits per heavy atom. The Kier molecular flexibility index (Phi) is 2.13. The van der Waals surface area contributed by atoms with Gasteiger partial charge in [-0.15, -0.1) is 0 Å². The monoisotopic (exact) mass is 154 g/mol. The van der Waals surface area contributed by atoms with Crippen molar-refractivity contribution < 1.29 is 9.13 Å². The maximum absolute atomic E-state index is 13.0. The second-order valence-electron chi connectivity index (χ2n) is 2.58. The van der Waals surface area contributed by atoms with E-state index in [1.165, 1.54) is 0 Å².